The van der Waals surface area contributed by atoms with Gasteiger partial charge in [-0.15, -0.1) is 8.78 Å². The average molecular weight is 220 g/mol. The maximum atomic E-state index is 12.1. The Labute approximate surface area is 83.0 Å². The minimum Gasteiger partial charge on any atom is -0.420 e. The minimum absolute atomic E-state index is 0.116. The van der Waals surface area contributed by atoms with Crippen molar-refractivity contribution in [3.63, 3.8) is 0 Å². The second kappa shape index (κ2) is 4.17. The molecule has 0 radical (unpaired) electrons. The van der Waals surface area contributed by atoms with Crippen LogP contribution in [0.2, 0.25) is 0 Å². The van der Waals surface area contributed by atoms with Crippen molar-refractivity contribution in [2.75, 3.05) is 0 Å². The van der Waals surface area contributed by atoms with Crippen LogP contribution in [0.3, 0.4) is 0 Å². The van der Waals surface area contributed by atoms with E-state index >= 15 is 0 Å². The third kappa shape index (κ3) is 3.51. The van der Waals surface area contributed by atoms with Gasteiger partial charge in [0.1, 0.15) is 5.75 Å². The third-order valence-corrected chi connectivity index (χ3v) is 1.32. The van der Waals surface area contributed by atoms with Gasteiger partial charge in [0.15, 0.2) is 0 Å². The van der Waals surface area contributed by atoms with E-state index in [9.17, 15) is 13.6 Å². The zero-order valence-corrected chi connectivity index (χ0v) is 7.46. The summed E-state index contributed by atoms with van der Waals surface area (Å²) in [5.41, 5.74) is -3.44. The first-order valence-corrected chi connectivity index (χ1v) is 3.83. The quantitative estimate of drug-likeness (QED) is 0.445. The molecule has 0 aliphatic heterocycles. The number of carbonyl (C=O) groups excluding carboxylic acids is 1. The standard InChI is InChI=1S/C8H4ClF2NO2/c9-8(10,11)14-7-3-1-6(2-4-7)12-5-13/h1-4H. The summed E-state index contributed by atoms with van der Waals surface area (Å²) < 4.78 is 28.3. The van der Waals surface area contributed by atoms with Gasteiger partial charge in [-0.2, -0.15) is 4.99 Å². The zero-order chi connectivity index (χ0) is 10.6. The minimum atomic E-state index is -3.74. The number of benzene rings is 1. The summed E-state index contributed by atoms with van der Waals surface area (Å²) in [6.07, 6.45) is 1.31. The van der Waals surface area contributed by atoms with E-state index in [1.807, 2.05) is 0 Å². The van der Waals surface area contributed by atoms with Crippen LogP contribution in [-0.2, 0) is 4.79 Å². The van der Waals surface area contributed by atoms with Gasteiger partial charge in [-0.25, -0.2) is 4.79 Å². The Morgan fingerprint density at radius 3 is 2.36 bits per heavy atom. The molecule has 0 atom stereocenters. The topological polar surface area (TPSA) is 38.7 Å². The van der Waals surface area contributed by atoms with Crippen LogP contribution in [-0.4, -0.2) is 11.6 Å². The van der Waals surface area contributed by atoms with Gasteiger partial charge in [-0.05, 0) is 24.3 Å². The first kappa shape index (κ1) is 10.6. The number of alkyl halides is 3. The number of halogens is 3. The van der Waals surface area contributed by atoms with Crippen molar-refractivity contribution in [3.8, 4) is 5.75 Å². The van der Waals surface area contributed by atoms with E-state index in [4.69, 9.17) is 0 Å². The molecule has 0 bridgehead atoms. The fraction of sp³-hybridized carbons (Fsp3) is 0.125. The molecule has 0 heterocycles. The summed E-state index contributed by atoms with van der Waals surface area (Å²) >= 11 is 4.53. The van der Waals surface area contributed by atoms with Gasteiger partial charge in [0.25, 0.3) is 0 Å². The molecule has 14 heavy (non-hydrogen) atoms. The SMILES string of the molecule is O=C=Nc1ccc(OC(F)(F)Cl)cc1. The Morgan fingerprint density at radius 1 is 1.36 bits per heavy atom. The van der Waals surface area contributed by atoms with E-state index in [0.717, 1.165) is 0 Å². The fourth-order valence-electron chi connectivity index (χ4n) is 0.775. The number of rotatable bonds is 3. The maximum absolute atomic E-state index is 12.1. The number of aliphatic imine (C=N–C) groups is 1. The Balaban J connectivity index is 2.78. The van der Waals surface area contributed by atoms with E-state index in [1.165, 1.54) is 30.3 Å². The van der Waals surface area contributed by atoms with Crippen molar-refractivity contribution in [2.45, 2.75) is 5.57 Å². The Kier molecular flexibility index (Phi) is 3.17. The van der Waals surface area contributed by atoms with E-state index in [2.05, 4.69) is 21.3 Å². The maximum Gasteiger partial charge on any atom is 0.487 e. The largest absolute Gasteiger partial charge is 0.487 e. The summed E-state index contributed by atoms with van der Waals surface area (Å²) in [4.78, 5) is 13.1. The first-order valence-electron chi connectivity index (χ1n) is 3.45. The smallest absolute Gasteiger partial charge is 0.420 e. The first-order chi connectivity index (χ1) is 6.51. The van der Waals surface area contributed by atoms with Crippen LogP contribution >= 0.6 is 11.6 Å². The molecule has 0 fully saturated rings. The lowest BCUT2D eigenvalue weighted by molar-refractivity contribution is -0.0964. The monoisotopic (exact) mass is 219 g/mol. The summed E-state index contributed by atoms with van der Waals surface area (Å²) in [7, 11) is 0. The van der Waals surface area contributed by atoms with Crippen LogP contribution in [0.5, 0.6) is 5.75 Å². The second-order valence-corrected chi connectivity index (χ2v) is 2.68. The molecule has 0 saturated carbocycles. The molecule has 0 aromatic heterocycles. The Hall–Kier alpha value is -1.45. The van der Waals surface area contributed by atoms with Crippen molar-refractivity contribution in [1.29, 1.82) is 0 Å². The highest BCUT2D eigenvalue weighted by Crippen LogP contribution is 2.26. The Bertz CT molecular complexity index is 355. The molecule has 1 aromatic rings. The lowest BCUT2D eigenvalue weighted by Crippen LogP contribution is -2.15. The molecule has 0 aliphatic carbocycles. The number of isocyanates is 1. The summed E-state index contributed by atoms with van der Waals surface area (Å²) in [6, 6.07) is 5.07. The lowest BCUT2D eigenvalue weighted by atomic mass is 10.3. The van der Waals surface area contributed by atoms with E-state index in [0.29, 0.717) is 5.69 Å². The predicted molar refractivity (Wildman–Crippen MR) is 45.7 cm³/mol. The molecule has 0 spiro atoms. The summed E-state index contributed by atoms with van der Waals surface area (Å²) in [5.74, 6) is -0.116. The molecule has 6 heteroatoms. The van der Waals surface area contributed by atoms with Gasteiger partial charge in [0, 0.05) is 11.6 Å². The fourth-order valence-corrected chi connectivity index (χ4v) is 0.864. The number of hydrogen-bond donors (Lipinski definition) is 0. The molecule has 0 aliphatic rings. The normalized spacial score (nSPS) is 10.5. The van der Waals surface area contributed by atoms with Gasteiger partial charge >= 0.3 is 5.57 Å². The average Bonchev–Trinajstić information content (AvgIpc) is 2.06. The molecule has 0 amide bonds. The third-order valence-electron chi connectivity index (χ3n) is 1.25. The molecule has 0 N–H and O–H groups in total. The van der Waals surface area contributed by atoms with Crippen molar-refractivity contribution < 1.29 is 18.3 Å². The van der Waals surface area contributed by atoms with Gasteiger partial charge in [0.2, 0.25) is 6.08 Å². The molecule has 0 unspecified atom stereocenters. The summed E-state index contributed by atoms with van der Waals surface area (Å²) in [6.45, 7) is 0. The van der Waals surface area contributed by atoms with Crippen LogP contribution in [0, 0.1) is 0 Å². The molecule has 74 valence electrons. The van der Waals surface area contributed by atoms with Crippen molar-refractivity contribution >= 4 is 23.4 Å². The van der Waals surface area contributed by atoms with Gasteiger partial charge in [-0.1, -0.05) is 0 Å². The molecule has 1 aromatic carbocycles. The van der Waals surface area contributed by atoms with E-state index in [1.54, 1.807) is 0 Å². The Morgan fingerprint density at radius 2 is 1.93 bits per heavy atom. The highest BCUT2D eigenvalue weighted by molar-refractivity contribution is 6.20. The van der Waals surface area contributed by atoms with Crippen LogP contribution < -0.4 is 4.74 Å². The highest BCUT2D eigenvalue weighted by Gasteiger charge is 2.27. The molecular weight excluding hydrogens is 216 g/mol. The van der Waals surface area contributed by atoms with Crippen LogP contribution in [0.15, 0.2) is 29.3 Å². The van der Waals surface area contributed by atoms with Crippen LogP contribution in [0.4, 0.5) is 14.5 Å². The zero-order valence-electron chi connectivity index (χ0n) is 6.71. The molecule has 3 nitrogen and oxygen atoms in total. The van der Waals surface area contributed by atoms with Crippen molar-refractivity contribution in [3.05, 3.63) is 24.3 Å². The van der Waals surface area contributed by atoms with Gasteiger partial charge in [-0.3, -0.25) is 0 Å². The van der Waals surface area contributed by atoms with Crippen LogP contribution in [0.25, 0.3) is 0 Å². The van der Waals surface area contributed by atoms with Crippen molar-refractivity contribution in [2.24, 2.45) is 4.99 Å². The van der Waals surface area contributed by atoms with Gasteiger partial charge < -0.3 is 4.74 Å². The summed E-state index contributed by atoms with van der Waals surface area (Å²) in [5, 5.41) is 0. The second-order valence-electron chi connectivity index (χ2n) is 2.24. The predicted octanol–water partition coefficient (Wildman–Crippen LogP) is 2.82. The number of ether oxygens (including phenoxy) is 1. The van der Waals surface area contributed by atoms with E-state index < -0.39 is 5.57 Å². The highest BCUT2D eigenvalue weighted by atomic mass is 35.5. The van der Waals surface area contributed by atoms with Crippen LogP contribution in [0.1, 0.15) is 0 Å². The van der Waals surface area contributed by atoms with E-state index in [-0.39, 0.29) is 5.75 Å². The molecule has 0 saturated heterocycles. The number of hydrogen-bond acceptors (Lipinski definition) is 3. The lowest BCUT2D eigenvalue weighted by Gasteiger charge is -2.09. The number of nitrogens with zero attached hydrogens (tertiary/aromatic N) is 1. The van der Waals surface area contributed by atoms with Gasteiger partial charge in [0.05, 0.1) is 5.69 Å². The van der Waals surface area contributed by atoms with Crippen molar-refractivity contribution in [1.82, 2.24) is 0 Å². The molecule has 1 rings (SSSR count). The molecular formula is C8H4ClF2NO2.